The van der Waals surface area contributed by atoms with E-state index >= 15 is 0 Å². The number of hydrogen-bond acceptors (Lipinski definition) is 3. The second kappa shape index (κ2) is 6.67. The van der Waals surface area contributed by atoms with Gasteiger partial charge in [-0.1, -0.05) is 30.3 Å². The predicted molar refractivity (Wildman–Crippen MR) is 91.5 cm³/mol. The molecule has 0 bridgehead atoms. The molecule has 4 nitrogen and oxygen atoms in total. The van der Waals surface area contributed by atoms with Crippen molar-refractivity contribution in [2.75, 3.05) is 6.54 Å². The van der Waals surface area contributed by atoms with E-state index in [-0.39, 0.29) is 18.3 Å². The van der Waals surface area contributed by atoms with Gasteiger partial charge in [0.1, 0.15) is 5.82 Å². The zero-order valence-corrected chi connectivity index (χ0v) is 14.3. The third-order valence-electron chi connectivity index (χ3n) is 4.47. The lowest BCUT2D eigenvalue weighted by molar-refractivity contribution is -0.151. The molecule has 0 aliphatic carbocycles. The average Bonchev–Trinajstić information content (AvgIpc) is 2.59. The van der Waals surface area contributed by atoms with Crippen LogP contribution in [0.4, 0.5) is 4.39 Å². The van der Waals surface area contributed by atoms with Crippen molar-refractivity contribution in [1.29, 1.82) is 0 Å². The zero-order chi connectivity index (χ0) is 18.0. The molecular weight excluding hydrogens is 321 g/mol. The molecule has 3 rings (SSSR count). The fourth-order valence-corrected chi connectivity index (χ4v) is 3.17. The fourth-order valence-electron chi connectivity index (χ4n) is 3.17. The van der Waals surface area contributed by atoms with Gasteiger partial charge in [0.15, 0.2) is 5.60 Å². The number of fused-ring (bicyclic) bond motifs is 1. The lowest BCUT2D eigenvalue weighted by Gasteiger charge is -2.37. The fraction of sp³-hybridized carbons (Fsp3) is 0.300. The van der Waals surface area contributed by atoms with Crippen molar-refractivity contribution in [3.05, 3.63) is 71.0 Å². The molecular formula is C20H20FNO3. The summed E-state index contributed by atoms with van der Waals surface area (Å²) in [4.78, 5) is 26.9. The number of nitrogens with zero attached hydrogens (tertiary/aromatic N) is 1. The van der Waals surface area contributed by atoms with Crippen molar-refractivity contribution in [3.63, 3.8) is 0 Å². The first-order chi connectivity index (χ1) is 11.9. The van der Waals surface area contributed by atoms with Crippen LogP contribution in [0, 0.1) is 5.82 Å². The molecule has 0 saturated heterocycles. The summed E-state index contributed by atoms with van der Waals surface area (Å²) in [6.07, 6.45) is 0.327. The molecule has 0 saturated carbocycles. The van der Waals surface area contributed by atoms with Crippen LogP contribution in [-0.4, -0.2) is 28.9 Å². The number of esters is 1. The van der Waals surface area contributed by atoms with Crippen molar-refractivity contribution in [3.8, 4) is 0 Å². The minimum absolute atomic E-state index is 0.266. The molecule has 1 unspecified atom stereocenters. The van der Waals surface area contributed by atoms with Gasteiger partial charge < -0.3 is 9.64 Å². The molecule has 0 radical (unpaired) electrons. The summed E-state index contributed by atoms with van der Waals surface area (Å²) in [6.45, 7) is 4.18. The number of halogens is 1. The Morgan fingerprint density at radius 2 is 2.00 bits per heavy atom. The van der Waals surface area contributed by atoms with Gasteiger partial charge in [0.05, 0.1) is 5.56 Å². The maximum Gasteiger partial charge on any atom is 0.339 e. The molecule has 2 aromatic rings. The third kappa shape index (κ3) is 3.40. The summed E-state index contributed by atoms with van der Waals surface area (Å²) in [5.41, 5.74) is 0.744. The Labute approximate surface area is 146 Å². The maximum absolute atomic E-state index is 13.4. The van der Waals surface area contributed by atoms with Crippen LogP contribution in [0.3, 0.4) is 0 Å². The number of hydrogen-bond donors (Lipinski definition) is 0. The monoisotopic (exact) mass is 341 g/mol. The molecule has 0 aromatic heterocycles. The van der Waals surface area contributed by atoms with Gasteiger partial charge >= 0.3 is 5.97 Å². The SMILES string of the molecule is CCN(Cc1cccc(F)c1)C(=O)C1(C)Cc2ccccc2C(=O)O1. The summed E-state index contributed by atoms with van der Waals surface area (Å²) in [5.74, 6) is -1.10. The maximum atomic E-state index is 13.4. The highest BCUT2D eigenvalue weighted by Gasteiger charge is 2.44. The van der Waals surface area contributed by atoms with E-state index < -0.39 is 11.6 Å². The van der Waals surface area contributed by atoms with Gasteiger partial charge in [0.25, 0.3) is 5.91 Å². The van der Waals surface area contributed by atoms with E-state index in [2.05, 4.69) is 0 Å². The van der Waals surface area contributed by atoms with Crippen molar-refractivity contribution >= 4 is 11.9 Å². The summed E-state index contributed by atoms with van der Waals surface area (Å²) >= 11 is 0. The van der Waals surface area contributed by atoms with E-state index in [4.69, 9.17) is 4.74 Å². The number of likely N-dealkylation sites (N-methyl/N-ethyl adjacent to an activating group) is 1. The predicted octanol–water partition coefficient (Wildman–Crippen LogP) is 3.35. The Morgan fingerprint density at radius 3 is 2.72 bits per heavy atom. The van der Waals surface area contributed by atoms with Crippen LogP contribution in [-0.2, 0) is 22.5 Å². The Kier molecular flexibility index (Phi) is 4.57. The normalized spacial score (nSPS) is 19.1. The number of carbonyl (C=O) groups excluding carboxylic acids is 2. The van der Waals surface area contributed by atoms with Crippen LogP contribution < -0.4 is 0 Å². The molecule has 1 atom stereocenters. The van der Waals surface area contributed by atoms with Crippen molar-refractivity contribution in [2.45, 2.75) is 32.4 Å². The second-order valence-corrected chi connectivity index (χ2v) is 6.40. The van der Waals surface area contributed by atoms with Gasteiger partial charge in [-0.3, -0.25) is 4.79 Å². The first-order valence-corrected chi connectivity index (χ1v) is 8.28. The second-order valence-electron chi connectivity index (χ2n) is 6.40. The zero-order valence-electron chi connectivity index (χ0n) is 14.3. The molecule has 130 valence electrons. The van der Waals surface area contributed by atoms with Gasteiger partial charge in [0.2, 0.25) is 0 Å². The van der Waals surface area contributed by atoms with E-state index in [1.54, 1.807) is 36.1 Å². The third-order valence-corrected chi connectivity index (χ3v) is 4.47. The summed E-state index contributed by atoms with van der Waals surface area (Å²) in [5, 5.41) is 0. The Balaban J connectivity index is 1.84. The van der Waals surface area contributed by atoms with Gasteiger partial charge in [-0.05, 0) is 43.2 Å². The molecule has 1 aliphatic heterocycles. The van der Waals surface area contributed by atoms with E-state index in [0.717, 1.165) is 5.56 Å². The number of benzene rings is 2. The highest BCUT2D eigenvalue weighted by molar-refractivity contribution is 5.97. The van der Waals surface area contributed by atoms with Gasteiger partial charge in [0, 0.05) is 19.5 Å². The van der Waals surface area contributed by atoms with Gasteiger partial charge in [-0.25, -0.2) is 9.18 Å². The Bertz CT molecular complexity index is 820. The van der Waals surface area contributed by atoms with Crippen LogP contribution in [0.1, 0.15) is 35.3 Å². The molecule has 0 spiro atoms. The molecule has 0 fully saturated rings. The number of amides is 1. The number of cyclic esters (lactones) is 1. The first kappa shape index (κ1) is 17.1. The van der Waals surface area contributed by atoms with Crippen LogP contribution in [0.2, 0.25) is 0 Å². The molecule has 1 amide bonds. The highest BCUT2D eigenvalue weighted by atomic mass is 19.1. The van der Waals surface area contributed by atoms with E-state index in [1.807, 2.05) is 19.1 Å². The van der Waals surface area contributed by atoms with Crippen LogP contribution in [0.25, 0.3) is 0 Å². The van der Waals surface area contributed by atoms with Crippen molar-refractivity contribution < 1.29 is 18.7 Å². The largest absolute Gasteiger partial charge is 0.445 e. The van der Waals surface area contributed by atoms with Crippen LogP contribution >= 0.6 is 0 Å². The van der Waals surface area contributed by atoms with E-state index in [1.165, 1.54) is 12.1 Å². The molecule has 1 aliphatic rings. The Morgan fingerprint density at radius 1 is 1.24 bits per heavy atom. The smallest absolute Gasteiger partial charge is 0.339 e. The molecule has 5 heteroatoms. The van der Waals surface area contributed by atoms with Crippen molar-refractivity contribution in [2.24, 2.45) is 0 Å². The minimum atomic E-state index is -1.26. The molecule has 1 heterocycles. The first-order valence-electron chi connectivity index (χ1n) is 8.28. The number of carbonyl (C=O) groups is 2. The number of ether oxygens (including phenoxy) is 1. The lowest BCUT2D eigenvalue weighted by atomic mass is 9.88. The van der Waals surface area contributed by atoms with E-state index in [0.29, 0.717) is 24.1 Å². The topological polar surface area (TPSA) is 46.6 Å². The molecule has 2 aromatic carbocycles. The van der Waals surface area contributed by atoms with Gasteiger partial charge in [-0.15, -0.1) is 0 Å². The standard InChI is InChI=1S/C20H20FNO3/c1-3-22(13-14-7-6-9-16(21)11-14)19(24)20(2)12-15-8-4-5-10-17(15)18(23)25-20/h4-11H,3,12-13H2,1-2H3. The minimum Gasteiger partial charge on any atom is -0.445 e. The summed E-state index contributed by atoms with van der Waals surface area (Å²) in [7, 11) is 0. The summed E-state index contributed by atoms with van der Waals surface area (Å²) in [6, 6.07) is 13.3. The molecule has 0 N–H and O–H groups in total. The Hall–Kier alpha value is -2.69. The average molecular weight is 341 g/mol. The van der Waals surface area contributed by atoms with Crippen LogP contribution in [0.5, 0.6) is 0 Å². The lowest BCUT2D eigenvalue weighted by Crippen LogP contribution is -2.52. The van der Waals surface area contributed by atoms with Crippen LogP contribution in [0.15, 0.2) is 48.5 Å². The summed E-state index contributed by atoms with van der Waals surface area (Å²) < 4.78 is 18.9. The van der Waals surface area contributed by atoms with Crippen molar-refractivity contribution in [1.82, 2.24) is 4.90 Å². The highest BCUT2D eigenvalue weighted by Crippen LogP contribution is 2.30. The van der Waals surface area contributed by atoms with Gasteiger partial charge in [-0.2, -0.15) is 0 Å². The quantitative estimate of drug-likeness (QED) is 0.801. The molecule has 25 heavy (non-hydrogen) atoms. The van der Waals surface area contributed by atoms with E-state index in [9.17, 15) is 14.0 Å². The number of rotatable bonds is 4.